The summed E-state index contributed by atoms with van der Waals surface area (Å²) >= 11 is 8.38. The van der Waals surface area contributed by atoms with Crippen LogP contribution < -0.4 is 14.9 Å². The molecule has 0 N–H and O–H groups in total. The van der Waals surface area contributed by atoms with E-state index in [0.29, 0.717) is 36.1 Å². The number of halogens is 1. The van der Waals surface area contributed by atoms with E-state index < -0.39 is 16.9 Å². The fourth-order valence-corrected chi connectivity index (χ4v) is 6.56. The second kappa shape index (κ2) is 11.9. The van der Waals surface area contributed by atoms with Gasteiger partial charge in [-0.15, -0.1) is 0 Å². The number of thiazole rings is 1. The Morgan fingerprint density at radius 3 is 2.51 bits per heavy atom. The zero-order chi connectivity index (χ0) is 29.3. The van der Waals surface area contributed by atoms with Gasteiger partial charge in [0.1, 0.15) is 0 Å². The van der Waals surface area contributed by atoms with E-state index in [-0.39, 0.29) is 17.9 Å². The van der Waals surface area contributed by atoms with Gasteiger partial charge in [-0.3, -0.25) is 19.5 Å². The first-order valence-electron chi connectivity index (χ1n) is 12.6. The molecule has 3 aromatic carbocycles. The molecule has 1 unspecified atom stereocenters. The molecule has 1 atom stereocenters. The van der Waals surface area contributed by atoms with Gasteiger partial charge in [-0.25, -0.2) is 9.79 Å². The summed E-state index contributed by atoms with van der Waals surface area (Å²) in [4.78, 5) is 44.6. The molecule has 1 aliphatic rings. The van der Waals surface area contributed by atoms with Crippen LogP contribution in [0.3, 0.4) is 0 Å². The number of aromatic nitrogens is 1. The predicted octanol–water partition coefficient (Wildman–Crippen LogP) is 5.82. The van der Waals surface area contributed by atoms with E-state index in [2.05, 4.69) is 4.99 Å². The summed E-state index contributed by atoms with van der Waals surface area (Å²) in [6, 6.07) is 18.8. The van der Waals surface area contributed by atoms with E-state index in [9.17, 15) is 19.7 Å². The van der Waals surface area contributed by atoms with Crippen molar-refractivity contribution in [2.75, 3.05) is 6.61 Å². The van der Waals surface area contributed by atoms with Crippen molar-refractivity contribution >= 4 is 52.4 Å². The summed E-state index contributed by atoms with van der Waals surface area (Å²) in [5.74, 6) is -0.530. The molecule has 1 aliphatic heterocycles. The maximum Gasteiger partial charge on any atom is 0.338 e. The zero-order valence-corrected chi connectivity index (χ0v) is 24.7. The summed E-state index contributed by atoms with van der Waals surface area (Å²) in [6.07, 6.45) is 1.61. The number of nitrogens with zero attached hydrogens (tertiary/aromatic N) is 3. The molecule has 41 heavy (non-hydrogen) atoms. The molecule has 8 nitrogen and oxygen atoms in total. The van der Waals surface area contributed by atoms with Crippen LogP contribution in [-0.2, 0) is 9.53 Å². The molecule has 0 radical (unpaired) electrons. The first-order valence-corrected chi connectivity index (χ1v) is 14.7. The molecule has 5 rings (SSSR count). The molecule has 0 spiro atoms. The third-order valence-electron chi connectivity index (χ3n) is 6.43. The quantitative estimate of drug-likeness (QED) is 0.149. The molecule has 0 fully saturated rings. The van der Waals surface area contributed by atoms with Crippen LogP contribution in [0.25, 0.3) is 6.08 Å². The highest BCUT2D eigenvalue weighted by molar-refractivity contribution is 7.99. The lowest BCUT2D eigenvalue weighted by Crippen LogP contribution is -2.39. The van der Waals surface area contributed by atoms with Gasteiger partial charge >= 0.3 is 5.97 Å². The van der Waals surface area contributed by atoms with Gasteiger partial charge in [0.2, 0.25) is 0 Å². The SMILES string of the molecule is CCOC(=O)C1=C(C)N=c2sc(=Cc3ccc(Sc4ccc(Cl)cc4)c([N+](=O)[O-])c3)c(=O)n2C1c1ccc(C)cc1. The summed E-state index contributed by atoms with van der Waals surface area (Å²) in [6.45, 7) is 5.60. The standard InChI is InChI=1S/C30H24ClN3O5S2/c1-4-39-29(36)26-18(3)32-30-33(27(26)20-8-5-17(2)6-9-20)28(35)25(41-30)16-19-7-14-24(23(15-19)34(37)38)40-22-12-10-21(31)11-13-22/h5-16,27H,4H2,1-3H3. The lowest BCUT2D eigenvalue weighted by Gasteiger charge is -2.24. The number of allylic oxidation sites excluding steroid dienone is 1. The average Bonchev–Trinajstić information content (AvgIpc) is 3.24. The number of ether oxygens (including phenoxy) is 1. The largest absolute Gasteiger partial charge is 0.463 e. The van der Waals surface area contributed by atoms with Gasteiger partial charge in [-0.05, 0) is 68.3 Å². The van der Waals surface area contributed by atoms with Crippen molar-refractivity contribution in [1.29, 1.82) is 0 Å². The number of benzene rings is 3. The molecular formula is C30H24ClN3O5S2. The monoisotopic (exact) mass is 605 g/mol. The minimum Gasteiger partial charge on any atom is -0.463 e. The minimum absolute atomic E-state index is 0.0792. The highest BCUT2D eigenvalue weighted by Gasteiger charge is 2.33. The molecule has 11 heteroatoms. The molecule has 1 aromatic heterocycles. The molecule has 208 valence electrons. The van der Waals surface area contributed by atoms with E-state index in [4.69, 9.17) is 16.3 Å². The molecule has 0 saturated heterocycles. The van der Waals surface area contributed by atoms with Crippen molar-refractivity contribution in [1.82, 2.24) is 4.57 Å². The summed E-state index contributed by atoms with van der Waals surface area (Å²) < 4.78 is 7.17. The van der Waals surface area contributed by atoms with E-state index in [0.717, 1.165) is 16.0 Å². The number of nitro benzene ring substituents is 1. The molecular weight excluding hydrogens is 582 g/mol. The smallest absolute Gasteiger partial charge is 0.338 e. The van der Waals surface area contributed by atoms with Gasteiger partial charge in [0.15, 0.2) is 4.80 Å². The van der Waals surface area contributed by atoms with Crippen molar-refractivity contribution in [2.24, 2.45) is 4.99 Å². The Hall–Kier alpha value is -3.99. The number of carbonyl (C=O) groups is 1. The Morgan fingerprint density at radius 1 is 1.15 bits per heavy atom. The van der Waals surface area contributed by atoms with Gasteiger partial charge in [-0.2, -0.15) is 0 Å². The number of hydrogen-bond donors (Lipinski definition) is 0. The van der Waals surface area contributed by atoms with Crippen LogP contribution in [0, 0.1) is 17.0 Å². The van der Waals surface area contributed by atoms with Crippen LogP contribution in [0.15, 0.2) is 97.6 Å². The Kier molecular flexibility index (Phi) is 8.25. The van der Waals surface area contributed by atoms with Gasteiger partial charge < -0.3 is 4.74 Å². The maximum atomic E-state index is 13.8. The lowest BCUT2D eigenvalue weighted by molar-refractivity contribution is -0.387. The summed E-state index contributed by atoms with van der Waals surface area (Å²) in [5.41, 5.74) is 2.63. The van der Waals surface area contributed by atoms with E-state index >= 15 is 0 Å². The number of aryl methyl sites for hydroxylation is 1. The third kappa shape index (κ3) is 5.90. The van der Waals surface area contributed by atoms with Gasteiger partial charge in [0.05, 0.1) is 38.3 Å². The van der Waals surface area contributed by atoms with Crippen molar-refractivity contribution in [3.63, 3.8) is 0 Å². The van der Waals surface area contributed by atoms with Crippen LogP contribution >= 0.6 is 34.7 Å². The number of hydrogen-bond acceptors (Lipinski definition) is 8. The molecule has 0 saturated carbocycles. The lowest BCUT2D eigenvalue weighted by atomic mass is 9.95. The van der Waals surface area contributed by atoms with Crippen LogP contribution in [0.1, 0.15) is 36.6 Å². The zero-order valence-electron chi connectivity index (χ0n) is 22.3. The second-order valence-corrected chi connectivity index (χ2v) is 11.8. The Morgan fingerprint density at radius 2 is 1.85 bits per heavy atom. The number of carbonyl (C=O) groups excluding carboxylic acids is 1. The minimum atomic E-state index is -0.722. The molecule has 4 aromatic rings. The van der Waals surface area contributed by atoms with Crippen LogP contribution in [0.5, 0.6) is 0 Å². The van der Waals surface area contributed by atoms with Crippen LogP contribution in [0.2, 0.25) is 5.02 Å². The summed E-state index contributed by atoms with van der Waals surface area (Å²) in [5, 5.41) is 12.5. The third-order valence-corrected chi connectivity index (χ3v) is 8.74. The first kappa shape index (κ1) is 28.5. The van der Waals surface area contributed by atoms with Crippen LogP contribution in [0.4, 0.5) is 5.69 Å². The second-order valence-electron chi connectivity index (χ2n) is 9.25. The van der Waals surface area contributed by atoms with E-state index in [1.165, 1.54) is 33.7 Å². The fraction of sp³-hybridized carbons (Fsp3) is 0.167. The van der Waals surface area contributed by atoms with Crippen molar-refractivity contribution < 1.29 is 14.5 Å². The fourth-order valence-electron chi connectivity index (χ4n) is 4.49. The highest BCUT2D eigenvalue weighted by atomic mass is 35.5. The van der Waals surface area contributed by atoms with Gasteiger partial charge in [0.25, 0.3) is 11.2 Å². The predicted molar refractivity (Wildman–Crippen MR) is 160 cm³/mol. The van der Waals surface area contributed by atoms with Crippen molar-refractivity contribution in [2.45, 2.75) is 36.6 Å². The van der Waals surface area contributed by atoms with E-state index in [1.54, 1.807) is 56.3 Å². The number of nitro groups is 1. The first-order chi connectivity index (χ1) is 19.7. The molecule has 2 heterocycles. The van der Waals surface area contributed by atoms with Crippen LogP contribution in [-0.4, -0.2) is 22.1 Å². The van der Waals surface area contributed by atoms with Crippen molar-refractivity contribution in [3.05, 3.63) is 130 Å². The van der Waals surface area contributed by atoms with Crippen molar-refractivity contribution in [3.8, 4) is 0 Å². The Labute approximate surface area is 248 Å². The van der Waals surface area contributed by atoms with Gasteiger partial charge in [-0.1, -0.05) is 70.6 Å². The number of rotatable bonds is 7. The molecule has 0 bridgehead atoms. The maximum absolute atomic E-state index is 13.8. The Bertz CT molecular complexity index is 1880. The number of esters is 1. The summed E-state index contributed by atoms with van der Waals surface area (Å²) in [7, 11) is 0. The van der Waals surface area contributed by atoms with Gasteiger partial charge in [0, 0.05) is 16.0 Å². The Balaban J connectivity index is 1.61. The van der Waals surface area contributed by atoms with E-state index in [1.807, 2.05) is 31.2 Å². The highest BCUT2D eigenvalue weighted by Crippen LogP contribution is 2.36. The average molecular weight is 606 g/mol. The topological polar surface area (TPSA) is 104 Å². The normalized spacial score (nSPS) is 14.9. The number of fused-ring (bicyclic) bond motifs is 1. The molecule has 0 amide bonds. The molecule has 0 aliphatic carbocycles.